The van der Waals surface area contributed by atoms with E-state index in [4.69, 9.17) is 0 Å². The number of aryl methyl sites for hydroxylation is 1. The lowest BCUT2D eigenvalue weighted by molar-refractivity contribution is -0.116. The molecule has 0 N–H and O–H groups in total. The number of thioether (sulfide) groups is 1. The van der Waals surface area contributed by atoms with Crippen LogP contribution in [0.5, 0.6) is 0 Å². The molecule has 144 valence electrons. The highest BCUT2D eigenvalue weighted by Crippen LogP contribution is 2.31. The monoisotopic (exact) mass is 410 g/mol. The third kappa shape index (κ3) is 4.42. The van der Waals surface area contributed by atoms with Crippen molar-refractivity contribution in [2.45, 2.75) is 43.7 Å². The van der Waals surface area contributed by atoms with Crippen LogP contribution < -0.4 is 4.90 Å². The molecule has 28 heavy (non-hydrogen) atoms. The van der Waals surface area contributed by atoms with E-state index in [0.717, 1.165) is 40.0 Å². The second-order valence-corrected chi connectivity index (χ2v) is 8.72. The quantitative estimate of drug-likeness (QED) is 0.537. The fraction of sp³-hybridized carbons (Fsp3) is 0.333. The molecule has 0 radical (unpaired) electrons. The third-order valence-corrected chi connectivity index (χ3v) is 6.69. The van der Waals surface area contributed by atoms with Crippen molar-refractivity contribution >= 4 is 34.1 Å². The molecule has 4 rings (SSSR count). The van der Waals surface area contributed by atoms with Crippen molar-refractivity contribution in [2.24, 2.45) is 0 Å². The van der Waals surface area contributed by atoms with Gasteiger partial charge >= 0.3 is 0 Å². The molecule has 7 heteroatoms. The van der Waals surface area contributed by atoms with Gasteiger partial charge in [-0.15, -0.1) is 21.5 Å². The van der Waals surface area contributed by atoms with Crippen LogP contribution in [0.2, 0.25) is 0 Å². The Balaban J connectivity index is 1.43. The summed E-state index contributed by atoms with van der Waals surface area (Å²) < 4.78 is 0. The molecule has 1 aromatic carbocycles. The van der Waals surface area contributed by atoms with Gasteiger partial charge in [0, 0.05) is 17.0 Å². The normalized spacial score (nSPS) is 14.3. The average molecular weight is 411 g/mol. The Bertz CT molecular complexity index is 921. The van der Waals surface area contributed by atoms with Crippen LogP contribution in [0.25, 0.3) is 11.3 Å². The van der Waals surface area contributed by atoms with Gasteiger partial charge in [-0.3, -0.25) is 9.69 Å². The van der Waals surface area contributed by atoms with Crippen molar-refractivity contribution in [3.63, 3.8) is 0 Å². The molecule has 3 aromatic rings. The molecular weight excluding hydrogens is 388 g/mol. The number of thiazole rings is 1. The van der Waals surface area contributed by atoms with E-state index in [1.807, 2.05) is 59.7 Å². The summed E-state index contributed by atoms with van der Waals surface area (Å²) in [5, 5.41) is 12.2. The van der Waals surface area contributed by atoms with Gasteiger partial charge in [-0.1, -0.05) is 54.9 Å². The number of aromatic nitrogens is 3. The SMILES string of the molecule is Cc1csc(N(C(=O)CSc2ccc(-c3ccccc3)nn2)C2CCCC2)n1. The Hall–Kier alpha value is -2.25. The summed E-state index contributed by atoms with van der Waals surface area (Å²) in [5.41, 5.74) is 2.84. The number of amides is 1. The minimum absolute atomic E-state index is 0.0974. The number of anilines is 1. The first kappa shape index (κ1) is 19.1. The average Bonchev–Trinajstić information content (AvgIpc) is 3.40. The second kappa shape index (κ2) is 8.84. The molecule has 0 aliphatic heterocycles. The van der Waals surface area contributed by atoms with Crippen LogP contribution in [-0.4, -0.2) is 32.9 Å². The fourth-order valence-corrected chi connectivity index (χ4v) is 5.01. The Morgan fingerprint density at radius 2 is 1.93 bits per heavy atom. The smallest absolute Gasteiger partial charge is 0.239 e. The summed E-state index contributed by atoms with van der Waals surface area (Å²) in [6, 6.07) is 14.1. The summed E-state index contributed by atoms with van der Waals surface area (Å²) in [5.74, 6) is 0.439. The Kier molecular flexibility index (Phi) is 6.02. The summed E-state index contributed by atoms with van der Waals surface area (Å²) in [4.78, 5) is 19.5. The highest BCUT2D eigenvalue weighted by Gasteiger charge is 2.29. The van der Waals surface area contributed by atoms with Gasteiger partial charge in [0.2, 0.25) is 5.91 Å². The first-order chi connectivity index (χ1) is 13.7. The topological polar surface area (TPSA) is 59.0 Å². The molecule has 2 aromatic heterocycles. The molecule has 0 bridgehead atoms. The van der Waals surface area contributed by atoms with Crippen molar-refractivity contribution in [2.75, 3.05) is 10.7 Å². The van der Waals surface area contributed by atoms with E-state index in [2.05, 4.69) is 15.2 Å². The summed E-state index contributed by atoms with van der Waals surface area (Å²) in [6.07, 6.45) is 4.47. The van der Waals surface area contributed by atoms with E-state index in [1.54, 1.807) is 11.3 Å². The minimum atomic E-state index is 0.0974. The number of carbonyl (C=O) groups is 1. The summed E-state index contributed by atoms with van der Waals surface area (Å²) >= 11 is 2.98. The van der Waals surface area contributed by atoms with Crippen molar-refractivity contribution in [1.82, 2.24) is 15.2 Å². The molecule has 0 spiro atoms. The van der Waals surface area contributed by atoms with Crippen LogP contribution in [0.15, 0.2) is 52.9 Å². The Labute approximate surface area is 173 Å². The zero-order valence-electron chi connectivity index (χ0n) is 15.7. The number of nitrogens with zero attached hydrogens (tertiary/aromatic N) is 4. The molecule has 1 amide bonds. The van der Waals surface area contributed by atoms with Gasteiger partial charge in [0.15, 0.2) is 5.13 Å². The Morgan fingerprint density at radius 1 is 1.14 bits per heavy atom. The molecule has 5 nitrogen and oxygen atoms in total. The maximum atomic E-state index is 13.0. The molecule has 0 unspecified atom stereocenters. The van der Waals surface area contributed by atoms with Gasteiger partial charge in [-0.2, -0.15) is 0 Å². The highest BCUT2D eigenvalue weighted by molar-refractivity contribution is 7.99. The van der Waals surface area contributed by atoms with Crippen molar-refractivity contribution in [1.29, 1.82) is 0 Å². The second-order valence-electron chi connectivity index (χ2n) is 6.88. The molecule has 1 aliphatic rings. The van der Waals surface area contributed by atoms with E-state index in [-0.39, 0.29) is 11.9 Å². The number of carbonyl (C=O) groups excluding carboxylic acids is 1. The van der Waals surface area contributed by atoms with Crippen LogP contribution in [0.1, 0.15) is 31.4 Å². The molecule has 1 saturated carbocycles. The lowest BCUT2D eigenvalue weighted by atomic mass is 10.1. The van der Waals surface area contributed by atoms with E-state index >= 15 is 0 Å². The van der Waals surface area contributed by atoms with Crippen LogP contribution in [-0.2, 0) is 4.79 Å². The van der Waals surface area contributed by atoms with Gasteiger partial charge in [0.05, 0.1) is 17.1 Å². The van der Waals surface area contributed by atoms with Crippen LogP contribution in [0.4, 0.5) is 5.13 Å². The third-order valence-electron chi connectivity index (χ3n) is 4.82. The first-order valence-corrected chi connectivity index (χ1v) is 11.3. The molecular formula is C21H22N4OS2. The standard InChI is InChI=1S/C21H22N4OS2/c1-15-13-28-21(22-15)25(17-9-5-6-10-17)20(26)14-27-19-12-11-18(23-24-19)16-7-3-2-4-8-16/h2-4,7-8,11-13,17H,5-6,9-10,14H2,1H3. The molecule has 0 saturated heterocycles. The maximum Gasteiger partial charge on any atom is 0.239 e. The van der Waals surface area contributed by atoms with Crippen molar-refractivity contribution in [3.05, 3.63) is 53.5 Å². The van der Waals surface area contributed by atoms with Crippen LogP contribution in [0, 0.1) is 6.92 Å². The highest BCUT2D eigenvalue weighted by atomic mass is 32.2. The van der Waals surface area contributed by atoms with Crippen LogP contribution in [0.3, 0.4) is 0 Å². The number of hydrogen-bond donors (Lipinski definition) is 0. The molecule has 1 aliphatic carbocycles. The zero-order chi connectivity index (χ0) is 19.3. The van der Waals surface area contributed by atoms with Gasteiger partial charge in [0.1, 0.15) is 5.03 Å². The van der Waals surface area contributed by atoms with E-state index in [0.29, 0.717) is 5.75 Å². The zero-order valence-corrected chi connectivity index (χ0v) is 17.4. The lowest BCUT2D eigenvalue weighted by Gasteiger charge is -2.26. The van der Waals surface area contributed by atoms with E-state index in [9.17, 15) is 4.79 Å². The summed E-state index contributed by atoms with van der Waals surface area (Å²) in [6.45, 7) is 1.97. The minimum Gasteiger partial charge on any atom is -0.284 e. The fourth-order valence-electron chi connectivity index (χ4n) is 3.45. The first-order valence-electron chi connectivity index (χ1n) is 9.47. The molecule has 1 fully saturated rings. The predicted molar refractivity (Wildman–Crippen MR) is 115 cm³/mol. The molecule has 2 heterocycles. The number of benzene rings is 1. The van der Waals surface area contributed by atoms with Crippen molar-refractivity contribution < 1.29 is 4.79 Å². The van der Waals surface area contributed by atoms with Gasteiger partial charge in [0.25, 0.3) is 0 Å². The van der Waals surface area contributed by atoms with Crippen molar-refractivity contribution in [3.8, 4) is 11.3 Å². The van der Waals surface area contributed by atoms with E-state index in [1.165, 1.54) is 24.6 Å². The van der Waals surface area contributed by atoms with Gasteiger partial charge < -0.3 is 0 Å². The number of rotatable bonds is 6. The molecule has 0 atom stereocenters. The summed E-state index contributed by atoms with van der Waals surface area (Å²) in [7, 11) is 0. The van der Waals surface area contributed by atoms with Gasteiger partial charge in [-0.05, 0) is 31.9 Å². The Morgan fingerprint density at radius 3 is 2.57 bits per heavy atom. The number of hydrogen-bond acceptors (Lipinski definition) is 6. The maximum absolute atomic E-state index is 13.0. The predicted octanol–water partition coefficient (Wildman–Crippen LogP) is 4.98. The largest absolute Gasteiger partial charge is 0.284 e. The van der Waals surface area contributed by atoms with E-state index < -0.39 is 0 Å². The lowest BCUT2D eigenvalue weighted by Crippen LogP contribution is -2.40. The van der Waals surface area contributed by atoms with Gasteiger partial charge in [-0.25, -0.2) is 4.98 Å². The van der Waals surface area contributed by atoms with Crippen LogP contribution >= 0.6 is 23.1 Å².